The first kappa shape index (κ1) is 76.0. The highest BCUT2D eigenvalue weighted by Gasteiger charge is 2.53. The van der Waals surface area contributed by atoms with Crippen molar-refractivity contribution >= 4 is 5.91 Å². The molecule has 0 aromatic heterocycles. The molecule has 12 N–H and O–H groups in total. The lowest BCUT2D eigenvalue weighted by Gasteiger charge is -2.48. The van der Waals surface area contributed by atoms with Crippen molar-refractivity contribution in [3.8, 4) is 0 Å². The Morgan fingerprint density at radius 2 is 0.824 bits per heavy atom. The number of carbonyl (C=O) groups excluding carboxylic acids is 1. The summed E-state index contributed by atoms with van der Waals surface area (Å²) in [6, 6.07) is -1.02. The van der Waals surface area contributed by atoms with Crippen LogP contribution in [0.1, 0.15) is 181 Å². The van der Waals surface area contributed by atoms with Gasteiger partial charge in [-0.1, -0.05) is 182 Å². The summed E-state index contributed by atoms with van der Waals surface area (Å²) >= 11 is 0. The lowest BCUT2D eigenvalue weighted by atomic mass is 9.96. The van der Waals surface area contributed by atoms with Gasteiger partial charge in [-0.25, -0.2) is 0 Å². The van der Waals surface area contributed by atoms with Crippen molar-refractivity contribution in [1.82, 2.24) is 5.32 Å². The fraction of sp³-hybridized carbons (Fsp3) is 0.742. The number of hydrogen-bond donors (Lipinski definition) is 12. The van der Waals surface area contributed by atoms with Gasteiger partial charge in [0.2, 0.25) is 5.91 Å². The smallest absolute Gasteiger partial charge is 0.220 e. The number of unbranched alkanes of at least 4 members (excludes halogenated alkanes) is 16. The molecule has 3 aliphatic heterocycles. The van der Waals surface area contributed by atoms with E-state index in [1.807, 2.05) is 6.08 Å². The lowest BCUT2D eigenvalue weighted by molar-refractivity contribution is -0.379. The maximum Gasteiger partial charge on any atom is 0.220 e. The highest BCUT2D eigenvalue weighted by Crippen LogP contribution is 2.33. The van der Waals surface area contributed by atoms with E-state index in [0.717, 1.165) is 77.0 Å². The van der Waals surface area contributed by atoms with E-state index >= 15 is 0 Å². The van der Waals surface area contributed by atoms with Gasteiger partial charge in [-0.2, -0.15) is 0 Å². The molecular formula is C66H111NO18. The fourth-order valence-corrected chi connectivity index (χ4v) is 10.1. The summed E-state index contributed by atoms with van der Waals surface area (Å²) < 4.78 is 34.2. The molecule has 3 saturated heterocycles. The minimum absolute atomic E-state index is 0.187. The maximum absolute atomic E-state index is 13.3. The maximum atomic E-state index is 13.3. The summed E-state index contributed by atoms with van der Waals surface area (Å²) in [7, 11) is 0. The van der Waals surface area contributed by atoms with Gasteiger partial charge in [0.15, 0.2) is 18.9 Å². The number of rotatable bonds is 46. The number of ether oxygens (including phenoxy) is 6. The summed E-state index contributed by atoms with van der Waals surface area (Å²) in [6.07, 6.45) is 33.8. The number of allylic oxidation sites excluding steroid dienone is 15. The van der Waals surface area contributed by atoms with E-state index in [4.69, 9.17) is 28.4 Å². The molecule has 0 saturated carbocycles. The molecule has 17 atom stereocenters. The van der Waals surface area contributed by atoms with Crippen molar-refractivity contribution in [3.05, 3.63) is 97.2 Å². The second-order valence-electron chi connectivity index (χ2n) is 22.5. The highest BCUT2D eigenvalue weighted by molar-refractivity contribution is 5.76. The van der Waals surface area contributed by atoms with Crippen LogP contribution >= 0.6 is 0 Å². The minimum atomic E-state index is -1.99. The molecule has 0 aromatic rings. The number of hydrogen-bond acceptors (Lipinski definition) is 18. The van der Waals surface area contributed by atoms with Gasteiger partial charge in [0.1, 0.15) is 73.2 Å². The third kappa shape index (κ3) is 30.7. The van der Waals surface area contributed by atoms with E-state index in [0.29, 0.717) is 12.8 Å². The topological polar surface area (TPSA) is 307 Å². The van der Waals surface area contributed by atoms with Crippen molar-refractivity contribution in [2.75, 3.05) is 26.4 Å². The van der Waals surface area contributed by atoms with Crippen molar-refractivity contribution in [2.24, 2.45) is 0 Å². The molecule has 0 bridgehead atoms. The van der Waals surface area contributed by atoms with Gasteiger partial charge in [-0.15, -0.1) is 0 Å². The molecule has 3 fully saturated rings. The van der Waals surface area contributed by atoms with E-state index < -0.39 is 131 Å². The van der Waals surface area contributed by atoms with Crippen LogP contribution < -0.4 is 5.32 Å². The zero-order chi connectivity index (χ0) is 61.9. The van der Waals surface area contributed by atoms with Crippen LogP contribution in [-0.2, 0) is 33.2 Å². The van der Waals surface area contributed by atoms with Crippen LogP contribution in [0.5, 0.6) is 0 Å². The van der Waals surface area contributed by atoms with Gasteiger partial charge >= 0.3 is 0 Å². The number of aliphatic hydroxyl groups is 11. The third-order valence-corrected chi connectivity index (χ3v) is 15.3. The van der Waals surface area contributed by atoms with Crippen LogP contribution in [0.15, 0.2) is 97.2 Å². The van der Waals surface area contributed by atoms with Crippen molar-refractivity contribution in [2.45, 2.75) is 285 Å². The lowest BCUT2D eigenvalue weighted by Crippen LogP contribution is -2.66. The fourth-order valence-electron chi connectivity index (χ4n) is 10.1. The highest BCUT2D eigenvalue weighted by atomic mass is 16.8. The summed E-state index contributed by atoms with van der Waals surface area (Å²) in [6.45, 7) is 1.54. The molecule has 3 aliphatic rings. The van der Waals surface area contributed by atoms with Crippen LogP contribution in [-0.4, -0.2) is 193 Å². The van der Waals surface area contributed by atoms with Gasteiger partial charge in [0.05, 0.1) is 38.6 Å². The molecule has 488 valence electrons. The molecule has 3 rings (SSSR count). The van der Waals surface area contributed by atoms with E-state index in [-0.39, 0.29) is 12.3 Å². The molecule has 19 heteroatoms. The summed E-state index contributed by atoms with van der Waals surface area (Å²) in [5.74, 6) is -0.325. The second kappa shape index (κ2) is 47.7. The standard InChI is InChI=1S/C66H111NO18/c1-3-5-7-9-11-13-15-17-19-21-23-24-26-27-29-31-33-35-37-39-41-43-50(71)49(67-54(72)44-42-40-38-36-34-32-30-28-25-22-20-18-16-14-12-10-8-6-4-2)48-80-64-60(78)57(75)62(52(46-69)82-64)85-66-61(79)58(76)63(53(47-70)83-66)84-65-59(77)56(74)55(73)51(45-68)81-65/h6,8,12,14,18,20,25-28,32-35,41,43,49-53,55-66,68-71,73-79H,3-5,7,9-11,13,15-17,19,21-24,29-31,36-40,42,44-48H2,1-2H3,(H,67,72)/b8-6-,14-12-,20-18-,27-26+,28-25-,34-32-,35-33+,43-41+. The Morgan fingerprint density at radius 3 is 1.32 bits per heavy atom. The molecule has 17 unspecified atom stereocenters. The zero-order valence-electron chi connectivity index (χ0n) is 51.0. The Kier molecular flexibility index (Phi) is 42.6. The molecule has 0 aromatic carbocycles. The first-order valence-electron chi connectivity index (χ1n) is 32.0. The average Bonchev–Trinajstić information content (AvgIpc) is 3.10. The quantitative estimate of drug-likeness (QED) is 0.0217. The van der Waals surface area contributed by atoms with Crippen LogP contribution in [0.2, 0.25) is 0 Å². The molecule has 3 heterocycles. The van der Waals surface area contributed by atoms with Crippen LogP contribution in [0, 0.1) is 0 Å². The van der Waals surface area contributed by atoms with Gasteiger partial charge in [-0.3, -0.25) is 4.79 Å². The third-order valence-electron chi connectivity index (χ3n) is 15.3. The molecular weight excluding hydrogens is 1090 g/mol. The van der Waals surface area contributed by atoms with Crippen molar-refractivity contribution < 1.29 is 89.4 Å². The first-order valence-corrected chi connectivity index (χ1v) is 32.0. The van der Waals surface area contributed by atoms with E-state index in [1.165, 1.54) is 70.6 Å². The van der Waals surface area contributed by atoms with E-state index in [9.17, 15) is 61.0 Å². The molecule has 19 nitrogen and oxygen atoms in total. The first-order chi connectivity index (χ1) is 41.3. The normalized spacial score (nSPS) is 29.6. The number of nitrogens with one attached hydrogen (secondary N) is 1. The van der Waals surface area contributed by atoms with Crippen LogP contribution in [0.25, 0.3) is 0 Å². The largest absolute Gasteiger partial charge is 0.394 e. The summed E-state index contributed by atoms with van der Waals surface area (Å²) in [4.78, 5) is 13.3. The van der Waals surface area contributed by atoms with Crippen LogP contribution in [0.3, 0.4) is 0 Å². The zero-order valence-corrected chi connectivity index (χ0v) is 51.0. The predicted octanol–water partition coefficient (Wildman–Crippen LogP) is 6.93. The molecule has 85 heavy (non-hydrogen) atoms. The monoisotopic (exact) mass is 1210 g/mol. The van der Waals surface area contributed by atoms with E-state index in [1.54, 1.807) is 6.08 Å². The minimum Gasteiger partial charge on any atom is -0.394 e. The molecule has 1 amide bonds. The summed E-state index contributed by atoms with van der Waals surface area (Å²) in [5.41, 5.74) is 0. The molecule has 0 radical (unpaired) electrons. The Labute approximate surface area is 507 Å². The van der Waals surface area contributed by atoms with Gasteiger partial charge in [0, 0.05) is 6.42 Å². The predicted molar refractivity (Wildman–Crippen MR) is 327 cm³/mol. The summed E-state index contributed by atoms with van der Waals surface area (Å²) in [5, 5.41) is 120. The molecule has 0 spiro atoms. The second-order valence-corrected chi connectivity index (χ2v) is 22.5. The Morgan fingerprint density at radius 1 is 0.435 bits per heavy atom. The van der Waals surface area contributed by atoms with Crippen molar-refractivity contribution in [1.29, 1.82) is 0 Å². The SMILES string of the molecule is CC/C=C\C/C=C\C/C=C\C/C=C\C/C=C\CCCCCC(=O)NC(COC1OC(CO)C(OC2OC(CO)C(OC3OC(CO)C(O)C(O)C3O)C(O)C2O)C(O)C1O)C(O)/C=C/CC/C=C/CC/C=C/CCCCCCCCCCCCC. The number of aliphatic hydroxyl groups excluding tert-OH is 11. The van der Waals surface area contributed by atoms with Gasteiger partial charge < -0.3 is 89.9 Å². The Balaban J connectivity index is 1.52. The Hall–Kier alpha value is -3.29. The molecule has 0 aliphatic carbocycles. The van der Waals surface area contributed by atoms with E-state index in [2.05, 4.69) is 104 Å². The number of carbonyl (C=O) groups is 1. The van der Waals surface area contributed by atoms with Crippen LogP contribution in [0.4, 0.5) is 0 Å². The average molecular weight is 1210 g/mol. The van der Waals surface area contributed by atoms with Gasteiger partial charge in [0.25, 0.3) is 0 Å². The number of amides is 1. The van der Waals surface area contributed by atoms with Crippen molar-refractivity contribution in [3.63, 3.8) is 0 Å². The Bertz CT molecular complexity index is 1920. The van der Waals surface area contributed by atoms with Gasteiger partial charge in [-0.05, 0) is 89.9 Å².